The molecule has 4 nitrogen and oxygen atoms in total. The third-order valence-corrected chi connectivity index (χ3v) is 8.85. The second-order valence-corrected chi connectivity index (χ2v) is 10.9. The fraction of sp³-hybridized carbons (Fsp3) is 0.267. The van der Waals surface area contributed by atoms with E-state index in [0.29, 0.717) is 0 Å². The molecule has 2 fully saturated rings. The van der Waals surface area contributed by atoms with Gasteiger partial charge in [-0.1, -0.05) is 83.9 Å². The minimum Gasteiger partial charge on any atom is -0.324 e. The van der Waals surface area contributed by atoms with E-state index in [2.05, 4.69) is 48.3 Å². The zero-order valence-corrected chi connectivity index (χ0v) is 20.7. The van der Waals surface area contributed by atoms with Crippen LogP contribution in [0.15, 0.2) is 78.9 Å². The van der Waals surface area contributed by atoms with Crippen molar-refractivity contribution in [1.29, 1.82) is 0 Å². The molecule has 3 aromatic carbocycles. The van der Waals surface area contributed by atoms with Crippen LogP contribution in [0.2, 0.25) is 0 Å². The minimum absolute atomic E-state index is 0.00223. The minimum atomic E-state index is -1.00. The van der Waals surface area contributed by atoms with Gasteiger partial charge in [-0.05, 0) is 37.1 Å². The van der Waals surface area contributed by atoms with E-state index in [1.807, 2.05) is 66.4 Å². The maximum atomic E-state index is 14.2. The number of thioether (sulfide) groups is 1. The van der Waals surface area contributed by atoms with Gasteiger partial charge in [-0.2, -0.15) is 0 Å². The molecule has 0 saturated carbocycles. The fourth-order valence-corrected chi connectivity index (χ4v) is 7.51. The van der Waals surface area contributed by atoms with E-state index in [1.54, 1.807) is 6.08 Å². The molecule has 5 heteroatoms. The summed E-state index contributed by atoms with van der Waals surface area (Å²) in [5.74, 6) is 0.978. The SMILES string of the molecule is Cc1ccc(/C=C/C(=O)[C@@H]2[C@@H](c3ccc(C)cc3)[C@@H]3CSCN3C23C(=O)Nc2ccccc23)cc1. The average molecular weight is 481 g/mol. The van der Waals surface area contributed by atoms with Gasteiger partial charge < -0.3 is 5.32 Å². The Morgan fingerprint density at radius 3 is 2.43 bits per heavy atom. The Labute approximate surface area is 210 Å². The van der Waals surface area contributed by atoms with E-state index in [9.17, 15) is 9.59 Å². The van der Waals surface area contributed by atoms with Crippen LogP contribution < -0.4 is 5.32 Å². The molecule has 0 radical (unpaired) electrons. The first-order valence-corrected chi connectivity index (χ1v) is 13.3. The molecule has 0 bridgehead atoms. The van der Waals surface area contributed by atoms with Crippen LogP contribution in [0.25, 0.3) is 6.08 Å². The molecular formula is C30H28N2O2S. The summed E-state index contributed by atoms with van der Waals surface area (Å²) >= 11 is 1.85. The van der Waals surface area contributed by atoms with Crippen LogP contribution in [-0.2, 0) is 15.1 Å². The first-order chi connectivity index (χ1) is 17.0. The number of benzene rings is 3. The molecule has 6 rings (SSSR count). The number of amides is 1. The Hall–Kier alpha value is -3.15. The number of hydrogen-bond donors (Lipinski definition) is 1. The molecule has 35 heavy (non-hydrogen) atoms. The molecule has 4 atom stereocenters. The number of anilines is 1. The Morgan fingerprint density at radius 1 is 1.00 bits per heavy atom. The van der Waals surface area contributed by atoms with Crippen LogP contribution in [0.3, 0.4) is 0 Å². The van der Waals surface area contributed by atoms with Crippen LogP contribution in [0.1, 0.15) is 33.7 Å². The van der Waals surface area contributed by atoms with Gasteiger partial charge in [-0.15, -0.1) is 11.8 Å². The molecule has 1 unspecified atom stereocenters. The lowest BCUT2D eigenvalue weighted by Gasteiger charge is -2.36. The van der Waals surface area contributed by atoms with Crippen molar-refractivity contribution < 1.29 is 9.59 Å². The van der Waals surface area contributed by atoms with E-state index in [0.717, 1.165) is 34.0 Å². The molecule has 3 aliphatic heterocycles. The van der Waals surface area contributed by atoms with Gasteiger partial charge in [0.2, 0.25) is 5.91 Å². The van der Waals surface area contributed by atoms with Crippen LogP contribution in [0.4, 0.5) is 5.69 Å². The highest BCUT2D eigenvalue weighted by Crippen LogP contribution is 2.60. The van der Waals surface area contributed by atoms with Gasteiger partial charge in [0, 0.05) is 34.8 Å². The van der Waals surface area contributed by atoms with E-state index >= 15 is 0 Å². The fourth-order valence-electron chi connectivity index (χ4n) is 6.18. The molecule has 3 heterocycles. The highest BCUT2D eigenvalue weighted by atomic mass is 32.2. The van der Waals surface area contributed by atoms with Crippen molar-refractivity contribution in [3.8, 4) is 0 Å². The number of fused-ring (bicyclic) bond motifs is 4. The molecular weight excluding hydrogens is 452 g/mol. The summed E-state index contributed by atoms with van der Waals surface area (Å²) in [6.45, 7) is 4.12. The smallest absolute Gasteiger partial charge is 0.250 e. The quantitative estimate of drug-likeness (QED) is 0.500. The number of allylic oxidation sites excluding steroid dienone is 1. The van der Waals surface area contributed by atoms with Crippen LogP contribution in [-0.4, -0.2) is 34.3 Å². The predicted octanol–water partition coefficient (Wildman–Crippen LogP) is 5.52. The Bertz CT molecular complexity index is 1330. The van der Waals surface area contributed by atoms with Crippen molar-refractivity contribution in [2.45, 2.75) is 31.3 Å². The van der Waals surface area contributed by atoms with Gasteiger partial charge >= 0.3 is 0 Å². The topological polar surface area (TPSA) is 49.4 Å². The third kappa shape index (κ3) is 3.40. The summed E-state index contributed by atoms with van der Waals surface area (Å²) in [6, 6.07) is 24.6. The zero-order valence-electron chi connectivity index (χ0n) is 19.9. The molecule has 1 amide bonds. The second-order valence-electron chi connectivity index (χ2n) is 9.86. The number of rotatable bonds is 4. The second kappa shape index (κ2) is 8.51. The van der Waals surface area contributed by atoms with Gasteiger partial charge in [-0.25, -0.2) is 0 Å². The highest BCUT2D eigenvalue weighted by Gasteiger charge is 2.69. The first kappa shape index (κ1) is 22.3. The maximum absolute atomic E-state index is 14.2. The summed E-state index contributed by atoms with van der Waals surface area (Å²) in [7, 11) is 0. The number of hydrogen-bond acceptors (Lipinski definition) is 4. The largest absolute Gasteiger partial charge is 0.324 e. The van der Waals surface area contributed by atoms with E-state index < -0.39 is 11.5 Å². The van der Waals surface area contributed by atoms with E-state index in [4.69, 9.17) is 0 Å². The molecule has 2 saturated heterocycles. The van der Waals surface area contributed by atoms with Gasteiger partial charge in [0.1, 0.15) is 5.54 Å². The summed E-state index contributed by atoms with van der Waals surface area (Å²) in [5, 5.41) is 3.12. The first-order valence-electron chi connectivity index (χ1n) is 12.1. The van der Waals surface area contributed by atoms with Crippen LogP contribution >= 0.6 is 11.8 Å². The molecule has 3 aromatic rings. The third-order valence-electron chi connectivity index (χ3n) is 7.81. The summed E-state index contributed by atoms with van der Waals surface area (Å²) in [4.78, 5) is 30.4. The normalized spacial score (nSPS) is 27.4. The summed E-state index contributed by atoms with van der Waals surface area (Å²) in [6.07, 6.45) is 3.58. The number of nitrogens with zero attached hydrogens (tertiary/aromatic N) is 1. The predicted molar refractivity (Wildman–Crippen MR) is 142 cm³/mol. The Morgan fingerprint density at radius 2 is 1.69 bits per heavy atom. The molecule has 1 spiro atoms. The standard InChI is InChI=1S/C30H28N2O2S/c1-19-7-11-21(12-8-19)13-16-26(33)28-27(22-14-9-20(2)10-15-22)25-17-35-18-32(25)30(28)23-5-3-4-6-24(23)31-29(30)34/h3-16,25,27-28H,17-18H2,1-2H3,(H,31,34)/b16-13+/t25-,27-,28+,30?/m0/s1. The van der Waals surface area contributed by atoms with Crippen molar-refractivity contribution in [1.82, 2.24) is 4.90 Å². The van der Waals surface area contributed by atoms with Crippen molar-refractivity contribution in [3.05, 3.63) is 107 Å². The van der Waals surface area contributed by atoms with E-state index in [-0.39, 0.29) is 23.7 Å². The number of carbonyl (C=O) groups is 2. The van der Waals surface area contributed by atoms with Crippen molar-refractivity contribution in [2.75, 3.05) is 16.9 Å². The molecule has 0 aliphatic carbocycles. The van der Waals surface area contributed by atoms with Crippen molar-refractivity contribution in [3.63, 3.8) is 0 Å². The van der Waals surface area contributed by atoms with Crippen molar-refractivity contribution in [2.24, 2.45) is 5.92 Å². The number of carbonyl (C=O) groups excluding carboxylic acids is 2. The number of nitrogens with one attached hydrogen (secondary N) is 1. The molecule has 176 valence electrons. The van der Waals surface area contributed by atoms with E-state index in [1.165, 1.54) is 11.1 Å². The van der Waals surface area contributed by atoms with Gasteiger partial charge in [-0.3, -0.25) is 14.5 Å². The van der Waals surface area contributed by atoms with Gasteiger partial charge in [0.15, 0.2) is 5.78 Å². The summed E-state index contributed by atoms with van der Waals surface area (Å²) in [5.41, 5.74) is 5.21. The number of ketones is 1. The van der Waals surface area contributed by atoms with Crippen LogP contribution in [0.5, 0.6) is 0 Å². The highest BCUT2D eigenvalue weighted by molar-refractivity contribution is 7.99. The van der Waals surface area contributed by atoms with Crippen LogP contribution in [0, 0.1) is 19.8 Å². The average Bonchev–Trinajstić information content (AvgIpc) is 3.52. The lowest BCUT2D eigenvalue weighted by atomic mass is 9.70. The molecule has 3 aliphatic rings. The molecule has 0 aromatic heterocycles. The lowest BCUT2D eigenvalue weighted by Crippen LogP contribution is -2.52. The van der Waals surface area contributed by atoms with Crippen molar-refractivity contribution >= 4 is 35.2 Å². The maximum Gasteiger partial charge on any atom is 0.250 e. The Kier molecular flexibility index (Phi) is 5.42. The zero-order chi connectivity index (χ0) is 24.2. The monoisotopic (exact) mass is 480 g/mol. The van der Waals surface area contributed by atoms with Gasteiger partial charge in [0.25, 0.3) is 0 Å². The summed E-state index contributed by atoms with van der Waals surface area (Å²) < 4.78 is 0. The molecule has 1 N–H and O–H groups in total. The number of aryl methyl sites for hydroxylation is 2. The number of para-hydroxylation sites is 1. The lowest BCUT2D eigenvalue weighted by molar-refractivity contribution is -0.134. The Balaban J connectivity index is 1.52. The van der Waals surface area contributed by atoms with Gasteiger partial charge in [0.05, 0.1) is 5.92 Å².